The Morgan fingerprint density at radius 2 is 1.88 bits per heavy atom. The summed E-state index contributed by atoms with van der Waals surface area (Å²) in [6.45, 7) is 4.48. The van der Waals surface area contributed by atoms with Crippen LogP contribution in [0.25, 0.3) is 0 Å². The van der Waals surface area contributed by atoms with Crippen molar-refractivity contribution in [2.24, 2.45) is 17.3 Å². The van der Waals surface area contributed by atoms with Gasteiger partial charge in [0.05, 0.1) is 15.9 Å². The van der Waals surface area contributed by atoms with Crippen molar-refractivity contribution in [3.63, 3.8) is 0 Å². The van der Waals surface area contributed by atoms with Crippen LogP contribution < -0.4 is 0 Å². The van der Waals surface area contributed by atoms with E-state index in [4.69, 9.17) is 0 Å². The van der Waals surface area contributed by atoms with Crippen LogP contribution in [0, 0.1) is 24.2 Å². The SMILES string of the molecule is Cc1ccc(S(=O)(=O)N2C[C@@H]3C[C@@]4(O)CCC(=O)[C@@]4(C)[C@@H]3C2)cc1. The number of carbonyl (C=O) groups is 1. The van der Waals surface area contributed by atoms with Crippen molar-refractivity contribution in [2.75, 3.05) is 13.1 Å². The van der Waals surface area contributed by atoms with Gasteiger partial charge in [-0.05, 0) is 50.7 Å². The molecule has 0 unspecified atom stereocenters. The van der Waals surface area contributed by atoms with Crippen LogP contribution >= 0.6 is 0 Å². The third-order valence-corrected chi connectivity index (χ3v) is 8.57. The number of fused-ring (bicyclic) bond motifs is 3. The Balaban J connectivity index is 1.64. The van der Waals surface area contributed by atoms with Crippen molar-refractivity contribution >= 4 is 15.8 Å². The molecule has 1 aliphatic heterocycles. The van der Waals surface area contributed by atoms with Gasteiger partial charge in [0.1, 0.15) is 5.78 Å². The molecule has 1 heterocycles. The number of benzene rings is 1. The maximum atomic E-state index is 12.9. The van der Waals surface area contributed by atoms with Gasteiger partial charge >= 0.3 is 0 Å². The Morgan fingerprint density at radius 3 is 2.54 bits per heavy atom. The average Bonchev–Trinajstić information content (AvgIpc) is 3.10. The van der Waals surface area contributed by atoms with Gasteiger partial charge in [-0.15, -0.1) is 0 Å². The first-order valence-electron chi connectivity index (χ1n) is 8.51. The Labute approximate surface area is 142 Å². The van der Waals surface area contributed by atoms with E-state index in [0.29, 0.717) is 37.2 Å². The molecule has 0 bridgehead atoms. The van der Waals surface area contributed by atoms with Gasteiger partial charge < -0.3 is 5.11 Å². The summed E-state index contributed by atoms with van der Waals surface area (Å²) in [7, 11) is -3.55. The van der Waals surface area contributed by atoms with Crippen LogP contribution in [-0.4, -0.2) is 42.3 Å². The molecule has 4 rings (SSSR count). The average molecular weight is 349 g/mol. The van der Waals surface area contributed by atoms with Crippen LogP contribution in [0.2, 0.25) is 0 Å². The quantitative estimate of drug-likeness (QED) is 0.882. The Bertz CT molecular complexity index is 803. The zero-order valence-electron chi connectivity index (χ0n) is 14.0. The van der Waals surface area contributed by atoms with Gasteiger partial charge in [0.25, 0.3) is 0 Å². The summed E-state index contributed by atoms with van der Waals surface area (Å²) in [5.74, 6) is 0.0641. The van der Waals surface area contributed by atoms with Crippen LogP contribution in [0.5, 0.6) is 0 Å². The summed E-state index contributed by atoms with van der Waals surface area (Å²) in [6, 6.07) is 6.86. The molecule has 4 atom stereocenters. The predicted octanol–water partition coefficient (Wildman–Crippen LogP) is 1.74. The van der Waals surface area contributed by atoms with Gasteiger partial charge in [-0.2, -0.15) is 4.31 Å². The second kappa shape index (κ2) is 4.90. The molecule has 1 aromatic carbocycles. The first-order chi connectivity index (χ1) is 11.2. The Kier molecular flexibility index (Phi) is 3.31. The number of hydrogen-bond donors (Lipinski definition) is 1. The van der Waals surface area contributed by atoms with E-state index in [1.807, 2.05) is 13.8 Å². The standard InChI is InChI=1S/C18H23NO4S/c1-12-3-5-14(6-4-12)24(22,23)19-10-13-9-18(21)8-7-16(20)17(18,2)15(13)11-19/h3-6,13,15,21H,7-11H2,1-2H3/t13-,15+,17+,18-/m0/s1. The molecule has 130 valence electrons. The molecule has 6 heteroatoms. The molecule has 3 fully saturated rings. The van der Waals surface area contributed by atoms with Crippen LogP contribution in [0.1, 0.15) is 31.7 Å². The van der Waals surface area contributed by atoms with E-state index in [0.717, 1.165) is 5.56 Å². The minimum Gasteiger partial charge on any atom is -0.389 e. The van der Waals surface area contributed by atoms with Gasteiger partial charge in [-0.25, -0.2) is 8.42 Å². The summed E-state index contributed by atoms with van der Waals surface area (Å²) >= 11 is 0. The molecular weight excluding hydrogens is 326 g/mol. The van der Waals surface area contributed by atoms with Crippen molar-refractivity contribution in [3.8, 4) is 0 Å². The zero-order valence-corrected chi connectivity index (χ0v) is 14.8. The first kappa shape index (κ1) is 16.2. The van der Waals surface area contributed by atoms with Crippen LogP contribution in [-0.2, 0) is 14.8 Å². The lowest BCUT2D eigenvalue weighted by molar-refractivity contribution is -0.135. The van der Waals surface area contributed by atoms with Crippen molar-refractivity contribution < 1.29 is 18.3 Å². The van der Waals surface area contributed by atoms with Crippen molar-refractivity contribution in [1.29, 1.82) is 0 Å². The lowest BCUT2D eigenvalue weighted by Crippen LogP contribution is -2.46. The van der Waals surface area contributed by atoms with Gasteiger partial charge in [0.15, 0.2) is 0 Å². The number of rotatable bonds is 2. The van der Waals surface area contributed by atoms with Crippen LogP contribution in [0.15, 0.2) is 29.2 Å². The summed E-state index contributed by atoms with van der Waals surface area (Å²) < 4.78 is 27.3. The highest BCUT2D eigenvalue weighted by Gasteiger charge is 2.69. The Morgan fingerprint density at radius 1 is 1.21 bits per heavy atom. The number of aliphatic hydroxyl groups is 1. The first-order valence-corrected chi connectivity index (χ1v) is 9.95. The maximum Gasteiger partial charge on any atom is 0.243 e. The van der Waals surface area contributed by atoms with Gasteiger partial charge in [0.2, 0.25) is 10.0 Å². The number of nitrogens with zero attached hydrogens (tertiary/aromatic N) is 1. The fourth-order valence-electron chi connectivity index (χ4n) is 5.15. The highest BCUT2D eigenvalue weighted by molar-refractivity contribution is 7.89. The van der Waals surface area contributed by atoms with Gasteiger partial charge in [-0.3, -0.25) is 4.79 Å². The summed E-state index contributed by atoms with van der Waals surface area (Å²) in [5.41, 5.74) is -0.727. The minimum atomic E-state index is -3.55. The largest absolute Gasteiger partial charge is 0.389 e. The zero-order chi connectivity index (χ0) is 17.3. The number of sulfonamides is 1. The van der Waals surface area contributed by atoms with Crippen molar-refractivity contribution in [1.82, 2.24) is 4.31 Å². The van der Waals surface area contributed by atoms with Crippen molar-refractivity contribution in [3.05, 3.63) is 29.8 Å². The topological polar surface area (TPSA) is 74.7 Å². The van der Waals surface area contributed by atoms with Gasteiger partial charge in [0, 0.05) is 19.5 Å². The number of ketones is 1. The molecule has 0 radical (unpaired) electrons. The highest BCUT2D eigenvalue weighted by Crippen LogP contribution is 2.62. The summed E-state index contributed by atoms with van der Waals surface area (Å²) in [4.78, 5) is 12.8. The van der Waals surface area contributed by atoms with Crippen LogP contribution in [0.4, 0.5) is 0 Å². The van der Waals surface area contributed by atoms with E-state index in [1.54, 1.807) is 24.3 Å². The molecule has 2 aliphatic carbocycles. The van der Waals surface area contributed by atoms with E-state index in [1.165, 1.54) is 4.31 Å². The number of aryl methyl sites for hydroxylation is 1. The molecule has 3 aliphatic rings. The third kappa shape index (κ3) is 1.93. The molecule has 1 saturated heterocycles. The summed E-state index contributed by atoms with van der Waals surface area (Å²) in [5, 5.41) is 10.9. The molecule has 0 amide bonds. The molecular formula is C18H23NO4S. The predicted molar refractivity (Wildman–Crippen MR) is 88.8 cm³/mol. The molecule has 1 aromatic rings. The van der Waals surface area contributed by atoms with Crippen LogP contribution in [0.3, 0.4) is 0 Å². The number of carbonyl (C=O) groups excluding carboxylic acids is 1. The highest BCUT2D eigenvalue weighted by atomic mass is 32.2. The van der Waals surface area contributed by atoms with E-state index in [2.05, 4.69) is 0 Å². The maximum absolute atomic E-state index is 12.9. The normalized spacial score (nSPS) is 39.2. The molecule has 0 aromatic heterocycles. The Hall–Kier alpha value is -1.24. The number of hydrogen-bond acceptors (Lipinski definition) is 4. The number of Topliss-reactive ketones (excluding diaryl/α,β-unsaturated/α-hetero) is 1. The second-order valence-corrected chi connectivity index (χ2v) is 9.80. The van der Waals surface area contributed by atoms with E-state index in [9.17, 15) is 18.3 Å². The lowest BCUT2D eigenvalue weighted by atomic mass is 9.72. The molecule has 2 saturated carbocycles. The van der Waals surface area contributed by atoms with E-state index in [-0.39, 0.29) is 17.6 Å². The molecule has 5 nitrogen and oxygen atoms in total. The monoisotopic (exact) mass is 349 g/mol. The van der Waals surface area contributed by atoms with Crippen molar-refractivity contribution in [2.45, 2.75) is 43.6 Å². The molecule has 24 heavy (non-hydrogen) atoms. The smallest absolute Gasteiger partial charge is 0.243 e. The second-order valence-electron chi connectivity index (χ2n) is 7.86. The molecule has 1 N–H and O–H groups in total. The molecule has 0 spiro atoms. The fourth-order valence-corrected chi connectivity index (χ4v) is 6.67. The van der Waals surface area contributed by atoms with Gasteiger partial charge in [-0.1, -0.05) is 17.7 Å². The minimum absolute atomic E-state index is 0.0597. The van der Waals surface area contributed by atoms with E-state index >= 15 is 0 Å². The lowest BCUT2D eigenvalue weighted by Gasteiger charge is -2.36. The van der Waals surface area contributed by atoms with E-state index < -0.39 is 21.0 Å². The fraction of sp³-hybridized carbons (Fsp3) is 0.611. The third-order valence-electron chi connectivity index (χ3n) is 6.72. The summed E-state index contributed by atoms with van der Waals surface area (Å²) in [6.07, 6.45) is 1.45.